The first-order valence-corrected chi connectivity index (χ1v) is 6.47. The van der Waals surface area contributed by atoms with Gasteiger partial charge in [0, 0.05) is 6.07 Å². The number of hydrogen-bond donors (Lipinski definition) is 1. The number of ether oxygens (including phenoxy) is 2. The van der Waals surface area contributed by atoms with E-state index in [4.69, 9.17) is 9.84 Å². The van der Waals surface area contributed by atoms with Crippen molar-refractivity contribution in [2.75, 3.05) is 7.11 Å². The van der Waals surface area contributed by atoms with Crippen LogP contribution in [0.15, 0.2) is 36.4 Å². The summed E-state index contributed by atoms with van der Waals surface area (Å²) in [6.07, 6.45) is -3.13. The molecule has 0 bridgehead atoms. The van der Waals surface area contributed by atoms with Crippen molar-refractivity contribution in [1.82, 2.24) is 15.0 Å². The number of halogens is 3. The molecule has 1 aromatic carbocycles. The first-order valence-electron chi connectivity index (χ1n) is 6.47. The fraction of sp³-hybridized carbons (Fsp3) is 0.214. The predicted octanol–water partition coefficient (Wildman–Crippen LogP) is 2.55. The number of nitrogens with zero attached hydrogens (tertiary/aromatic N) is 3. The molecule has 1 aromatic heterocycles. The molecule has 10 heteroatoms. The van der Waals surface area contributed by atoms with Crippen molar-refractivity contribution < 1.29 is 32.5 Å². The number of methoxy groups -OCH3 is 1. The Hall–Kier alpha value is -3.04. The van der Waals surface area contributed by atoms with E-state index >= 15 is 0 Å². The number of carbonyl (C=O) groups is 1. The van der Waals surface area contributed by atoms with Crippen molar-refractivity contribution >= 4 is 5.97 Å². The van der Waals surface area contributed by atoms with Crippen LogP contribution in [0.2, 0.25) is 0 Å². The minimum absolute atomic E-state index is 0.115. The Balaban J connectivity index is 2.36. The highest BCUT2D eigenvalue weighted by molar-refractivity contribution is 5.84. The Morgan fingerprint density at radius 1 is 1.38 bits per heavy atom. The van der Waals surface area contributed by atoms with E-state index in [1.54, 1.807) is 6.92 Å². The molecular formula is C14H12F3N3O4. The molecule has 2 rings (SSSR count). The molecular weight excluding hydrogens is 331 g/mol. The lowest BCUT2D eigenvalue weighted by molar-refractivity contribution is -0.141. The SMILES string of the molecule is CO/C=C(\Oc1cc(-n2ncc(C(F)(F)F)n2)ccc1C)C(=O)O. The van der Waals surface area contributed by atoms with Crippen molar-refractivity contribution in [3.05, 3.63) is 47.7 Å². The molecule has 1 heterocycles. The maximum Gasteiger partial charge on any atom is 0.436 e. The van der Waals surface area contributed by atoms with Gasteiger partial charge in [-0.1, -0.05) is 6.07 Å². The van der Waals surface area contributed by atoms with Gasteiger partial charge in [0.2, 0.25) is 5.76 Å². The van der Waals surface area contributed by atoms with Gasteiger partial charge in [-0.25, -0.2) is 4.79 Å². The van der Waals surface area contributed by atoms with Crippen LogP contribution in [0.5, 0.6) is 5.75 Å². The normalized spacial score (nSPS) is 12.1. The van der Waals surface area contributed by atoms with Gasteiger partial charge in [-0.2, -0.15) is 23.1 Å². The number of alkyl halides is 3. The highest BCUT2D eigenvalue weighted by Gasteiger charge is 2.34. The minimum atomic E-state index is -4.61. The van der Waals surface area contributed by atoms with Gasteiger partial charge < -0.3 is 14.6 Å². The molecule has 0 aliphatic heterocycles. The first-order chi connectivity index (χ1) is 11.2. The topological polar surface area (TPSA) is 86.5 Å². The Morgan fingerprint density at radius 3 is 2.62 bits per heavy atom. The zero-order valence-electron chi connectivity index (χ0n) is 12.5. The Labute approximate surface area is 133 Å². The predicted molar refractivity (Wildman–Crippen MR) is 74.5 cm³/mol. The summed E-state index contributed by atoms with van der Waals surface area (Å²) in [4.78, 5) is 11.8. The lowest BCUT2D eigenvalue weighted by Gasteiger charge is -2.10. The van der Waals surface area contributed by atoms with Gasteiger partial charge in [-0.05, 0) is 18.6 Å². The monoisotopic (exact) mass is 343 g/mol. The molecule has 0 aliphatic carbocycles. The Morgan fingerprint density at radius 2 is 2.08 bits per heavy atom. The zero-order chi connectivity index (χ0) is 17.9. The molecule has 0 atom stereocenters. The number of rotatable bonds is 5. The van der Waals surface area contributed by atoms with E-state index in [-0.39, 0.29) is 11.4 Å². The van der Waals surface area contributed by atoms with Crippen molar-refractivity contribution in [3.8, 4) is 11.4 Å². The summed E-state index contributed by atoms with van der Waals surface area (Å²) >= 11 is 0. The third-order valence-electron chi connectivity index (χ3n) is 2.84. The second-order valence-electron chi connectivity index (χ2n) is 4.59. The maximum atomic E-state index is 12.6. The number of aliphatic carboxylic acids is 1. The minimum Gasteiger partial charge on any atom is -0.500 e. The summed E-state index contributed by atoms with van der Waals surface area (Å²) in [5.41, 5.74) is -0.408. The smallest absolute Gasteiger partial charge is 0.436 e. The van der Waals surface area contributed by atoms with E-state index < -0.39 is 23.6 Å². The van der Waals surface area contributed by atoms with Gasteiger partial charge in [0.05, 0.1) is 19.0 Å². The van der Waals surface area contributed by atoms with Crippen LogP contribution >= 0.6 is 0 Å². The summed E-state index contributed by atoms with van der Waals surface area (Å²) in [5.74, 6) is -1.73. The fourth-order valence-electron chi connectivity index (χ4n) is 1.68. The van der Waals surface area contributed by atoms with E-state index in [0.29, 0.717) is 11.8 Å². The average Bonchev–Trinajstić information content (AvgIpc) is 2.98. The van der Waals surface area contributed by atoms with Gasteiger partial charge >= 0.3 is 12.1 Å². The molecule has 0 spiro atoms. The summed E-state index contributed by atoms with van der Waals surface area (Å²) in [6.45, 7) is 1.64. The fourth-order valence-corrected chi connectivity index (χ4v) is 1.68. The third kappa shape index (κ3) is 3.83. The summed E-state index contributed by atoms with van der Waals surface area (Å²) < 4.78 is 47.6. The summed E-state index contributed by atoms with van der Waals surface area (Å²) in [6, 6.07) is 4.33. The van der Waals surface area contributed by atoms with E-state index in [1.165, 1.54) is 25.3 Å². The van der Waals surface area contributed by atoms with E-state index in [1.807, 2.05) is 0 Å². The second-order valence-corrected chi connectivity index (χ2v) is 4.59. The number of carboxylic acid groups (broad SMARTS) is 1. The van der Waals surface area contributed by atoms with Crippen molar-refractivity contribution in [2.45, 2.75) is 13.1 Å². The van der Waals surface area contributed by atoms with E-state index in [9.17, 15) is 18.0 Å². The quantitative estimate of drug-likeness (QED) is 0.663. The van der Waals surface area contributed by atoms with Crippen molar-refractivity contribution in [2.24, 2.45) is 0 Å². The van der Waals surface area contributed by atoms with Gasteiger partial charge in [-0.15, -0.1) is 5.10 Å². The largest absolute Gasteiger partial charge is 0.500 e. The number of hydrogen-bond acceptors (Lipinski definition) is 5. The van der Waals surface area contributed by atoms with Crippen molar-refractivity contribution in [1.29, 1.82) is 0 Å². The van der Waals surface area contributed by atoms with Gasteiger partial charge in [0.1, 0.15) is 12.0 Å². The maximum absolute atomic E-state index is 12.6. The molecule has 0 aliphatic rings. The van der Waals surface area contributed by atoms with Crippen LogP contribution in [0.25, 0.3) is 5.69 Å². The molecule has 128 valence electrons. The van der Waals surface area contributed by atoms with Crippen LogP contribution < -0.4 is 4.74 Å². The van der Waals surface area contributed by atoms with Gasteiger partial charge in [-0.3, -0.25) is 0 Å². The molecule has 0 saturated heterocycles. The average molecular weight is 343 g/mol. The Kier molecular flexibility index (Phi) is 4.77. The van der Waals surface area contributed by atoms with Gasteiger partial charge in [0.15, 0.2) is 5.69 Å². The second kappa shape index (κ2) is 6.60. The highest BCUT2D eigenvalue weighted by atomic mass is 19.4. The molecule has 0 fully saturated rings. The molecule has 0 radical (unpaired) electrons. The lowest BCUT2D eigenvalue weighted by atomic mass is 10.2. The molecule has 24 heavy (non-hydrogen) atoms. The summed E-state index contributed by atoms with van der Waals surface area (Å²) in [5, 5.41) is 15.9. The molecule has 0 unspecified atom stereocenters. The highest BCUT2D eigenvalue weighted by Crippen LogP contribution is 2.28. The van der Waals surface area contributed by atoms with Crippen LogP contribution in [0.3, 0.4) is 0 Å². The van der Waals surface area contributed by atoms with Crippen LogP contribution in [-0.4, -0.2) is 33.2 Å². The lowest BCUT2D eigenvalue weighted by Crippen LogP contribution is -2.10. The third-order valence-corrected chi connectivity index (χ3v) is 2.84. The van der Waals surface area contributed by atoms with E-state index in [0.717, 1.165) is 11.1 Å². The number of benzene rings is 1. The standard InChI is InChI=1S/C14H12F3N3O4/c1-8-3-4-9(20-18-6-12(19-20)14(15,16)17)5-10(8)24-11(7-23-2)13(21)22/h3-7H,1-2H3,(H,21,22)/b11-7-. The molecule has 0 saturated carbocycles. The molecule has 7 nitrogen and oxygen atoms in total. The van der Waals surface area contributed by atoms with Crippen LogP contribution in [0.4, 0.5) is 13.2 Å². The summed E-state index contributed by atoms with van der Waals surface area (Å²) in [7, 11) is 1.25. The molecule has 1 N–H and O–H groups in total. The molecule has 2 aromatic rings. The Bertz CT molecular complexity index is 784. The number of carboxylic acids is 1. The first kappa shape index (κ1) is 17.3. The van der Waals surface area contributed by atoms with Crippen LogP contribution in [-0.2, 0) is 15.7 Å². The number of aromatic nitrogens is 3. The molecule has 0 amide bonds. The van der Waals surface area contributed by atoms with E-state index in [2.05, 4.69) is 14.9 Å². The van der Waals surface area contributed by atoms with Gasteiger partial charge in [0.25, 0.3) is 0 Å². The number of aryl methyl sites for hydroxylation is 1. The van der Waals surface area contributed by atoms with Crippen LogP contribution in [0, 0.1) is 6.92 Å². The van der Waals surface area contributed by atoms with Crippen LogP contribution in [0.1, 0.15) is 11.3 Å². The zero-order valence-corrected chi connectivity index (χ0v) is 12.5. The van der Waals surface area contributed by atoms with Crippen molar-refractivity contribution in [3.63, 3.8) is 0 Å².